The van der Waals surface area contributed by atoms with Gasteiger partial charge in [-0.3, -0.25) is 4.79 Å². The Kier molecular flexibility index (Phi) is 5.54. The number of hydrogen-bond acceptors (Lipinski definition) is 5. The molecule has 1 aromatic heterocycles. The van der Waals surface area contributed by atoms with Crippen LogP contribution >= 0.6 is 0 Å². The molecule has 2 aromatic rings. The molecular weight excluding hydrogens is 320 g/mol. The number of furan rings is 1. The van der Waals surface area contributed by atoms with E-state index in [0.717, 1.165) is 0 Å². The minimum absolute atomic E-state index is 0.0197. The lowest BCUT2D eigenvalue weighted by Gasteiger charge is -2.09. The fraction of sp³-hybridized carbons (Fsp3) is 0.267. The molecule has 0 fully saturated rings. The van der Waals surface area contributed by atoms with Crippen LogP contribution < -0.4 is 10.0 Å². The average molecular weight is 338 g/mol. The molecule has 0 aliphatic carbocycles. The number of sulfonamides is 1. The summed E-state index contributed by atoms with van der Waals surface area (Å²) in [5.41, 5.74) is 0.200. The lowest BCUT2D eigenvalue weighted by atomic mass is 10.2. The second-order valence-corrected chi connectivity index (χ2v) is 6.76. The zero-order valence-electron chi connectivity index (χ0n) is 12.5. The van der Waals surface area contributed by atoms with Crippen LogP contribution in [0.5, 0.6) is 0 Å². The summed E-state index contributed by atoms with van der Waals surface area (Å²) >= 11 is 0. The summed E-state index contributed by atoms with van der Waals surface area (Å²) < 4.78 is 32.0. The molecule has 124 valence electrons. The molecule has 0 radical (unpaired) electrons. The zero-order chi connectivity index (χ0) is 16.9. The van der Waals surface area contributed by atoms with Crippen molar-refractivity contribution in [3.05, 3.63) is 54.0 Å². The highest BCUT2D eigenvalue weighted by atomic mass is 32.2. The molecular formula is C15H18N2O5S. The largest absolute Gasteiger partial charge is 0.468 e. The number of nitrogens with one attached hydrogen (secondary N) is 2. The maximum atomic E-state index is 12.2. The Morgan fingerprint density at radius 3 is 2.74 bits per heavy atom. The minimum atomic E-state index is -3.76. The molecule has 0 spiro atoms. The van der Waals surface area contributed by atoms with Crippen LogP contribution in [0.2, 0.25) is 0 Å². The van der Waals surface area contributed by atoms with E-state index in [2.05, 4.69) is 10.0 Å². The molecule has 0 aliphatic rings. The third kappa shape index (κ3) is 4.92. The van der Waals surface area contributed by atoms with Gasteiger partial charge in [0, 0.05) is 12.1 Å². The van der Waals surface area contributed by atoms with E-state index in [0.29, 0.717) is 5.76 Å². The Morgan fingerprint density at radius 1 is 1.30 bits per heavy atom. The van der Waals surface area contributed by atoms with Gasteiger partial charge in [0.1, 0.15) is 5.76 Å². The molecule has 8 heteroatoms. The first-order valence-corrected chi connectivity index (χ1v) is 8.45. The van der Waals surface area contributed by atoms with Crippen LogP contribution in [0.3, 0.4) is 0 Å². The highest BCUT2D eigenvalue weighted by molar-refractivity contribution is 7.89. The Morgan fingerprint density at radius 2 is 2.09 bits per heavy atom. The van der Waals surface area contributed by atoms with Crippen molar-refractivity contribution < 1.29 is 22.7 Å². The van der Waals surface area contributed by atoms with Gasteiger partial charge in [-0.05, 0) is 37.3 Å². The first-order valence-electron chi connectivity index (χ1n) is 6.97. The van der Waals surface area contributed by atoms with Gasteiger partial charge in [-0.1, -0.05) is 6.07 Å². The topological polar surface area (TPSA) is 109 Å². The predicted molar refractivity (Wildman–Crippen MR) is 83.2 cm³/mol. The Hall–Kier alpha value is -2.16. The van der Waals surface area contributed by atoms with E-state index >= 15 is 0 Å². The van der Waals surface area contributed by atoms with Crippen LogP contribution in [-0.4, -0.2) is 32.1 Å². The van der Waals surface area contributed by atoms with E-state index in [4.69, 9.17) is 9.52 Å². The molecule has 1 amide bonds. The van der Waals surface area contributed by atoms with Crippen LogP contribution in [0.25, 0.3) is 0 Å². The van der Waals surface area contributed by atoms with Crippen molar-refractivity contribution in [3.63, 3.8) is 0 Å². The zero-order valence-corrected chi connectivity index (χ0v) is 13.3. The minimum Gasteiger partial charge on any atom is -0.468 e. The van der Waals surface area contributed by atoms with Gasteiger partial charge in [0.05, 0.1) is 23.8 Å². The van der Waals surface area contributed by atoms with Crippen LogP contribution in [0.15, 0.2) is 52.0 Å². The summed E-state index contributed by atoms with van der Waals surface area (Å²) in [5, 5.41) is 11.7. The molecule has 1 heterocycles. The number of aliphatic hydroxyl groups is 1. The van der Waals surface area contributed by atoms with Crippen molar-refractivity contribution in [2.75, 3.05) is 6.54 Å². The smallest absolute Gasteiger partial charge is 0.251 e. The monoisotopic (exact) mass is 338 g/mol. The number of aliphatic hydroxyl groups excluding tert-OH is 1. The maximum absolute atomic E-state index is 12.2. The molecule has 2 rings (SSSR count). The number of carbonyl (C=O) groups excluding carboxylic acids is 1. The van der Waals surface area contributed by atoms with Gasteiger partial charge in [-0.25, -0.2) is 13.1 Å². The summed E-state index contributed by atoms with van der Waals surface area (Å²) in [7, 11) is -3.76. The van der Waals surface area contributed by atoms with Crippen LogP contribution in [0, 0.1) is 0 Å². The lowest BCUT2D eigenvalue weighted by Crippen LogP contribution is -2.30. The molecule has 1 atom stereocenters. The van der Waals surface area contributed by atoms with Crippen LogP contribution in [-0.2, 0) is 16.6 Å². The van der Waals surface area contributed by atoms with E-state index in [-0.39, 0.29) is 23.5 Å². The molecule has 23 heavy (non-hydrogen) atoms. The number of benzene rings is 1. The molecule has 3 N–H and O–H groups in total. The molecule has 7 nitrogen and oxygen atoms in total. The second kappa shape index (κ2) is 7.40. The summed E-state index contributed by atoms with van der Waals surface area (Å²) in [6.45, 7) is 1.65. The van der Waals surface area contributed by atoms with Gasteiger partial charge < -0.3 is 14.8 Å². The van der Waals surface area contributed by atoms with Crippen molar-refractivity contribution in [3.8, 4) is 0 Å². The van der Waals surface area contributed by atoms with E-state index in [1.54, 1.807) is 19.1 Å². The van der Waals surface area contributed by atoms with Gasteiger partial charge in [0.2, 0.25) is 10.0 Å². The van der Waals surface area contributed by atoms with E-state index in [1.807, 2.05) is 0 Å². The van der Waals surface area contributed by atoms with Crippen molar-refractivity contribution in [1.29, 1.82) is 0 Å². The van der Waals surface area contributed by atoms with Gasteiger partial charge >= 0.3 is 0 Å². The molecule has 0 unspecified atom stereocenters. The molecule has 0 saturated carbocycles. The number of rotatable bonds is 7. The van der Waals surface area contributed by atoms with Crippen LogP contribution in [0.1, 0.15) is 23.0 Å². The first kappa shape index (κ1) is 17.2. The van der Waals surface area contributed by atoms with Crippen molar-refractivity contribution in [1.82, 2.24) is 10.0 Å². The SMILES string of the molecule is C[C@@H](O)CNC(=O)c1cccc(S(=O)(=O)NCc2ccco2)c1. The quantitative estimate of drug-likeness (QED) is 0.694. The normalized spacial score (nSPS) is 12.8. The Bertz CT molecular complexity index is 754. The van der Waals surface area contributed by atoms with E-state index in [9.17, 15) is 13.2 Å². The fourth-order valence-corrected chi connectivity index (χ4v) is 2.85. The van der Waals surface area contributed by atoms with Gasteiger partial charge in [-0.2, -0.15) is 0 Å². The van der Waals surface area contributed by atoms with Crippen molar-refractivity contribution in [2.24, 2.45) is 0 Å². The summed E-state index contributed by atoms with van der Waals surface area (Å²) in [6.07, 6.45) is 0.775. The standard InChI is InChI=1S/C15H18N2O5S/c1-11(18)9-16-15(19)12-4-2-6-14(8-12)23(20,21)17-10-13-5-3-7-22-13/h2-8,11,17-18H,9-10H2,1H3,(H,16,19)/t11-/m1/s1. The van der Waals surface area contributed by atoms with Crippen molar-refractivity contribution in [2.45, 2.75) is 24.5 Å². The second-order valence-electron chi connectivity index (χ2n) is 4.99. The molecule has 0 bridgehead atoms. The maximum Gasteiger partial charge on any atom is 0.251 e. The van der Waals surface area contributed by atoms with Crippen molar-refractivity contribution >= 4 is 15.9 Å². The first-order chi connectivity index (χ1) is 10.9. The Labute approximate surface area is 134 Å². The number of hydrogen-bond donors (Lipinski definition) is 3. The third-order valence-electron chi connectivity index (χ3n) is 2.98. The van der Waals surface area contributed by atoms with Gasteiger partial charge in [0.15, 0.2) is 0 Å². The molecule has 1 aromatic carbocycles. The Balaban J connectivity index is 2.09. The summed E-state index contributed by atoms with van der Waals surface area (Å²) in [5.74, 6) is 0.0355. The summed E-state index contributed by atoms with van der Waals surface area (Å²) in [4.78, 5) is 11.9. The highest BCUT2D eigenvalue weighted by Gasteiger charge is 2.16. The van der Waals surface area contributed by atoms with E-state index in [1.165, 1.54) is 30.5 Å². The molecule has 0 saturated heterocycles. The predicted octanol–water partition coefficient (Wildman–Crippen LogP) is 0.869. The summed E-state index contributed by atoms with van der Waals surface area (Å²) in [6, 6.07) is 8.98. The highest BCUT2D eigenvalue weighted by Crippen LogP contribution is 2.12. The molecule has 0 aliphatic heterocycles. The van der Waals surface area contributed by atoms with Gasteiger partial charge in [-0.15, -0.1) is 0 Å². The number of carbonyl (C=O) groups is 1. The average Bonchev–Trinajstić information content (AvgIpc) is 3.04. The lowest BCUT2D eigenvalue weighted by molar-refractivity contribution is 0.0924. The third-order valence-corrected chi connectivity index (χ3v) is 4.38. The van der Waals surface area contributed by atoms with Gasteiger partial charge in [0.25, 0.3) is 5.91 Å². The number of amides is 1. The fourth-order valence-electron chi connectivity index (χ4n) is 1.81. The van der Waals surface area contributed by atoms with E-state index < -0.39 is 22.0 Å². The van der Waals surface area contributed by atoms with Crippen LogP contribution in [0.4, 0.5) is 0 Å².